The van der Waals surface area contributed by atoms with Gasteiger partial charge in [0.15, 0.2) is 0 Å². The van der Waals surface area contributed by atoms with Gasteiger partial charge in [-0.1, -0.05) is 30.7 Å². The van der Waals surface area contributed by atoms with Gasteiger partial charge >= 0.3 is 0 Å². The molecule has 0 spiro atoms. The van der Waals surface area contributed by atoms with Gasteiger partial charge in [0.1, 0.15) is 0 Å². The van der Waals surface area contributed by atoms with Gasteiger partial charge in [-0.25, -0.2) is 0 Å². The molecule has 0 fully saturated rings. The van der Waals surface area contributed by atoms with E-state index in [9.17, 15) is 4.91 Å². The number of hydrogen-bond donors (Lipinski definition) is 0. The van der Waals surface area contributed by atoms with Crippen molar-refractivity contribution < 1.29 is 0 Å². The summed E-state index contributed by atoms with van der Waals surface area (Å²) in [5.74, 6) is 0.431. The Labute approximate surface area is 67.7 Å². The molecule has 1 rings (SSSR count). The molecule has 0 saturated carbocycles. The Morgan fingerprint density at radius 1 is 1.73 bits per heavy atom. The molecular weight excluding hydrogens is 138 g/mol. The maximum atomic E-state index is 10.1. The van der Waals surface area contributed by atoms with Crippen LogP contribution < -0.4 is 0 Å². The first-order valence-electron chi connectivity index (χ1n) is 4.05. The van der Waals surface area contributed by atoms with E-state index in [0.29, 0.717) is 12.5 Å². The van der Waals surface area contributed by atoms with E-state index < -0.39 is 0 Å². The summed E-state index contributed by atoms with van der Waals surface area (Å²) in [5, 5.41) is 2.96. The monoisotopic (exact) mass is 153 g/mol. The zero-order valence-electron chi connectivity index (χ0n) is 7.42. The maximum absolute atomic E-state index is 10.1. The lowest BCUT2D eigenvalue weighted by molar-refractivity contribution is 0.300. The number of nitroso groups, excluding NO2 is 1. The molecule has 0 N–H and O–H groups in total. The predicted octanol–water partition coefficient (Wildman–Crippen LogP) is 2.75. The van der Waals surface area contributed by atoms with Crippen LogP contribution in [0.2, 0.25) is 0 Å². The highest BCUT2D eigenvalue weighted by atomic mass is 16.3. The molecule has 0 aromatic heterocycles. The molecule has 0 saturated heterocycles. The van der Waals surface area contributed by atoms with Gasteiger partial charge in [-0.3, -0.25) is 0 Å². The number of allylic oxidation sites excluding steroid dienone is 2. The van der Waals surface area contributed by atoms with Crippen LogP contribution in [0.25, 0.3) is 0 Å². The molecule has 62 valence electrons. The van der Waals surface area contributed by atoms with E-state index in [0.717, 1.165) is 6.42 Å². The Bertz CT molecular complexity index is 194. The van der Waals surface area contributed by atoms with E-state index in [4.69, 9.17) is 0 Å². The van der Waals surface area contributed by atoms with Crippen molar-refractivity contribution in [1.29, 1.82) is 0 Å². The second-order valence-corrected chi connectivity index (χ2v) is 3.85. The first-order valence-corrected chi connectivity index (χ1v) is 4.05. The lowest BCUT2D eigenvalue weighted by atomic mass is 9.78. The van der Waals surface area contributed by atoms with Gasteiger partial charge in [0, 0.05) is 0 Å². The van der Waals surface area contributed by atoms with Crippen molar-refractivity contribution in [2.24, 2.45) is 16.5 Å². The third kappa shape index (κ3) is 1.35. The van der Waals surface area contributed by atoms with Gasteiger partial charge in [0.05, 0.1) is 6.54 Å². The van der Waals surface area contributed by atoms with Crippen molar-refractivity contribution >= 4 is 0 Å². The van der Waals surface area contributed by atoms with Gasteiger partial charge in [0.2, 0.25) is 0 Å². The van der Waals surface area contributed by atoms with E-state index in [1.54, 1.807) is 0 Å². The first-order chi connectivity index (χ1) is 5.09. The van der Waals surface area contributed by atoms with Crippen molar-refractivity contribution in [3.8, 4) is 0 Å². The van der Waals surface area contributed by atoms with Crippen LogP contribution in [0.4, 0.5) is 0 Å². The highest BCUT2D eigenvalue weighted by molar-refractivity contribution is 5.18. The standard InChI is InChI=1S/C9H15NO/c1-7-4-5-8(6-10-11)9(7,2)3/h4,8H,5-6H2,1-3H3/t8-/m1/s1. The fourth-order valence-corrected chi connectivity index (χ4v) is 1.59. The normalized spacial score (nSPS) is 28.3. The Kier molecular flexibility index (Phi) is 2.12. The van der Waals surface area contributed by atoms with Crippen LogP contribution in [0, 0.1) is 16.2 Å². The summed E-state index contributed by atoms with van der Waals surface area (Å²) in [6.07, 6.45) is 3.24. The van der Waals surface area contributed by atoms with E-state index in [-0.39, 0.29) is 5.41 Å². The quantitative estimate of drug-likeness (QED) is 0.443. The highest BCUT2D eigenvalue weighted by Gasteiger charge is 2.34. The summed E-state index contributed by atoms with van der Waals surface area (Å²) in [5.41, 5.74) is 1.58. The van der Waals surface area contributed by atoms with Crippen LogP contribution in [0.15, 0.2) is 16.8 Å². The molecule has 0 aromatic rings. The van der Waals surface area contributed by atoms with Gasteiger partial charge in [-0.15, -0.1) is 0 Å². The zero-order chi connectivity index (χ0) is 8.48. The molecule has 2 nitrogen and oxygen atoms in total. The van der Waals surface area contributed by atoms with Crippen molar-refractivity contribution in [3.63, 3.8) is 0 Å². The molecule has 11 heavy (non-hydrogen) atoms. The highest BCUT2D eigenvalue weighted by Crippen LogP contribution is 2.42. The minimum absolute atomic E-state index is 0.188. The van der Waals surface area contributed by atoms with Crippen LogP contribution in [0.5, 0.6) is 0 Å². The van der Waals surface area contributed by atoms with E-state index in [2.05, 4.69) is 32.0 Å². The van der Waals surface area contributed by atoms with E-state index in [1.807, 2.05) is 0 Å². The van der Waals surface area contributed by atoms with Crippen molar-refractivity contribution in [2.75, 3.05) is 6.54 Å². The Hall–Kier alpha value is -0.660. The zero-order valence-corrected chi connectivity index (χ0v) is 7.42. The number of rotatable bonds is 2. The molecule has 2 heteroatoms. The fourth-order valence-electron chi connectivity index (χ4n) is 1.59. The average molecular weight is 153 g/mol. The average Bonchev–Trinajstić information content (AvgIpc) is 2.16. The molecule has 0 aromatic carbocycles. The van der Waals surface area contributed by atoms with Crippen molar-refractivity contribution in [2.45, 2.75) is 27.2 Å². The predicted molar refractivity (Wildman–Crippen MR) is 46.3 cm³/mol. The van der Waals surface area contributed by atoms with Crippen LogP contribution in [0.1, 0.15) is 27.2 Å². The molecular formula is C9H15NO. The Morgan fingerprint density at radius 3 is 2.73 bits per heavy atom. The number of nitrogens with zero attached hydrogens (tertiary/aromatic N) is 1. The Morgan fingerprint density at radius 2 is 2.36 bits per heavy atom. The topological polar surface area (TPSA) is 29.4 Å². The van der Waals surface area contributed by atoms with Crippen LogP contribution in [-0.2, 0) is 0 Å². The number of hydrogen-bond acceptors (Lipinski definition) is 2. The summed E-state index contributed by atoms with van der Waals surface area (Å²) in [6.45, 7) is 6.95. The van der Waals surface area contributed by atoms with E-state index >= 15 is 0 Å². The van der Waals surface area contributed by atoms with Crippen LogP contribution in [0.3, 0.4) is 0 Å². The molecule has 0 heterocycles. The molecule has 0 amide bonds. The molecule has 0 unspecified atom stereocenters. The summed E-state index contributed by atoms with van der Waals surface area (Å²) in [6, 6.07) is 0. The smallest absolute Gasteiger partial charge is 0.0850 e. The van der Waals surface area contributed by atoms with Crippen LogP contribution >= 0.6 is 0 Å². The van der Waals surface area contributed by atoms with Crippen molar-refractivity contribution in [1.82, 2.24) is 0 Å². The fraction of sp³-hybridized carbons (Fsp3) is 0.778. The van der Waals surface area contributed by atoms with Crippen LogP contribution in [-0.4, -0.2) is 6.54 Å². The second kappa shape index (κ2) is 2.76. The molecule has 0 aliphatic heterocycles. The third-order valence-corrected chi connectivity index (χ3v) is 3.04. The molecule has 1 atom stereocenters. The summed E-state index contributed by atoms with van der Waals surface area (Å²) >= 11 is 0. The van der Waals surface area contributed by atoms with Crippen molar-refractivity contribution in [3.05, 3.63) is 16.6 Å². The molecule has 1 aliphatic carbocycles. The van der Waals surface area contributed by atoms with Gasteiger partial charge in [0.25, 0.3) is 0 Å². The minimum atomic E-state index is 0.188. The summed E-state index contributed by atoms with van der Waals surface area (Å²) in [4.78, 5) is 10.1. The first kappa shape index (κ1) is 8.44. The maximum Gasteiger partial charge on any atom is 0.0850 e. The second-order valence-electron chi connectivity index (χ2n) is 3.85. The third-order valence-electron chi connectivity index (χ3n) is 3.04. The SMILES string of the molecule is CC1=CC[C@H](CN=O)C1(C)C. The lowest BCUT2D eigenvalue weighted by Crippen LogP contribution is -2.22. The van der Waals surface area contributed by atoms with E-state index in [1.165, 1.54) is 5.57 Å². The Balaban J connectivity index is 2.69. The van der Waals surface area contributed by atoms with Gasteiger partial charge in [-0.2, -0.15) is 4.91 Å². The summed E-state index contributed by atoms with van der Waals surface area (Å²) in [7, 11) is 0. The molecule has 0 bridgehead atoms. The summed E-state index contributed by atoms with van der Waals surface area (Å²) < 4.78 is 0. The minimum Gasteiger partial charge on any atom is -0.151 e. The van der Waals surface area contributed by atoms with Gasteiger partial charge < -0.3 is 0 Å². The lowest BCUT2D eigenvalue weighted by Gasteiger charge is -2.27. The van der Waals surface area contributed by atoms with Gasteiger partial charge in [-0.05, 0) is 24.7 Å². The molecule has 0 radical (unpaired) electrons. The molecule has 1 aliphatic rings. The largest absolute Gasteiger partial charge is 0.151 e.